The molecule has 0 aliphatic carbocycles. The third kappa shape index (κ3) is 4.17. The highest BCUT2D eigenvalue weighted by Crippen LogP contribution is 2.29. The fourth-order valence-electron chi connectivity index (χ4n) is 4.61. The number of rotatable bonds is 5. The number of likely N-dealkylation sites (tertiary alicyclic amines) is 1. The first kappa shape index (κ1) is 22.4. The Kier molecular flexibility index (Phi) is 5.84. The van der Waals surface area contributed by atoms with Gasteiger partial charge in [-0.1, -0.05) is 24.8 Å². The number of β-amino-alcohol motifs (C(OH)–C–C–N with tert-alkyl or cyclic N) is 1. The number of nitrogens with zero attached hydrogens (tertiary/aromatic N) is 4. The third-order valence-corrected chi connectivity index (χ3v) is 6.14. The zero-order chi connectivity index (χ0) is 24.5. The molecule has 3 heterocycles. The monoisotopic (exact) mass is 471 g/mol. The van der Waals surface area contributed by atoms with Crippen molar-refractivity contribution in [3.8, 4) is 17.2 Å². The van der Waals surface area contributed by atoms with Crippen LogP contribution in [0.25, 0.3) is 16.7 Å². The van der Waals surface area contributed by atoms with Crippen molar-refractivity contribution in [2.75, 3.05) is 18.8 Å². The summed E-state index contributed by atoms with van der Waals surface area (Å²) in [5, 5.41) is 10.4. The molecule has 1 amide bonds. The predicted molar refractivity (Wildman–Crippen MR) is 133 cm³/mol. The number of piperidine rings is 1. The number of aromatic nitrogens is 3. The Morgan fingerprint density at radius 3 is 2.51 bits per heavy atom. The molecule has 1 saturated heterocycles. The highest BCUT2D eigenvalue weighted by Gasteiger charge is 2.32. The molecule has 4 aromatic rings. The fourth-order valence-corrected chi connectivity index (χ4v) is 4.61. The van der Waals surface area contributed by atoms with E-state index in [9.17, 15) is 14.7 Å². The first-order valence-corrected chi connectivity index (χ1v) is 11.3. The van der Waals surface area contributed by atoms with Crippen LogP contribution in [0.2, 0.25) is 0 Å². The lowest BCUT2D eigenvalue weighted by atomic mass is 10.0. The van der Waals surface area contributed by atoms with Gasteiger partial charge in [0.2, 0.25) is 5.91 Å². The van der Waals surface area contributed by atoms with Gasteiger partial charge in [0.05, 0.1) is 23.3 Å². The number of fused-ring (bicyclic) bond motifs is 1. The van der Waals surface area contributed by atoms with E-state index < -0.39 is 12.1 Å². The summed E-state index contributed by atoms with van der Waals surface area (Å²) < 4.78 is 8.96. The Labute approximate surface area is 201 Å². The number of nitrogen functional groups attached to an aromatic ring is 1. The first-order chi connectivity index (χ1) is 17.0. The standard InChI is InChI=1S/C26H25N5O4/c1-2-23(33)29-15-18(14-19(32)16-29)30-22-12-13-28-25(27)24(22)31(26(30)34)17-8-10-21(11-9-17)35-20-6-4-3-5-7-20/h2-13,18-19,32H,1,14-16H2,(H2,27,28)/t18-,19?/m1/s1. The molecule has 1 unspecified atom stereocenters. The van der Waals surface area contributed by atoms with Crippen LogP contribution < -0.4 is 16.2 Å². The van der Waals surface area contributed by atoms with Crippen LogP contribution in [0.3, 0.4) is 0 Å². The predicted octanol–water partition coefficient (Wildman–Crippen LogP) is 2.88. The van der Waals surface area contributed by atoms with Gasteiger partial charge in [-0.2, -0.15) is 0 Å². The Bertz CT molecular complexity index is 1440. The normalized spacial score (nSPS) is 17.9. The molecule has 0 spiro atoms. The summed E-state index contributed by atoms with van der Waals surface area (Å²) in [6.45, 7) is 4.00. The molecule has 178 valence electrons. The molecule has 0 radical (unpaired) electrons. The van der Waals surface area contributed by atoms with Crippen LogP contribution in [0.1, 0.15) is 12.5 Å². The number of nitrogens with two attached hydrogens (primary N) is 1. The van der Waals surface area contributed by atoms with Gasteiger partial charge in [-0.15, -0.1) is 0 Å². The van der Waals surface area contributed by atoms with E-state index in [0.29, 0.717) is 34.6 Å². The van der Waals surface area contributed by atoms with Crippen molar-refractivity contribution in [2.24, 2.45) is 0 Å². The number of para-hydroxylation sites is 1. The third-order valence-electron chi connectivity index (χ3n) is 6.14. The molecule has 0 bridgehead atoms. The van der Waals surface area contributed by atoms with E-state index in [1.807, 2.05) is 30.3 Å². The number of hydrogen-bond donors (Lipinski definition) is 2. The molecule has 0 saturated carbocycles. The van der Waals surface area contributed by atoms with Crippen LogP contribution >= 0.6 is 0 Å². The molecule has 1 aliphatic heterocycles. The van der Waals surface area contributed by atoms with Gasteiger partial charge in [-0.25, -0.2) is 9.78 Å². The van der Waals surface area contributed by atoms with Gasteiger partial charge in [-0.05, 0) is 55.0 Å². The van der Waals surface area contributed by atoms with Crippen LogP contribution in [-0.4, -0.2) is 49.2 Å². The number of amides is 1. The summed E-state index contributed by atoms with van der Waals surface area (Å²) in [5.74, 6) is 1.24. The van der Waals surface area contributed by atoms with Gasteiger partial charge in [0.15, 0.2) is 0 Å². The molecule has 9 nitrogen and oxygen atoms in total. The number of carbonyl (C=O) groups is 1. The smallest absolute Gasteiger partial charge is 0.334 e. The minimum Gasteiger partial charge on any atom is -0.457 e. The molecule has 35 heavy (non-hydrogen) atoms. The van der Waals surface area contributed by atoms with Gasteiger partial charge >= 0.3 is 5.69 Å². The number of hydrogen-bond acceptors (Lipinski definition) is 6. The number of benzene rings is 2. The fraction of sp³-hybridized carbons (Fsp3) is 0.192. The molecule has 1 fully saturated rings. The van der Waals surface area contributed by atoms with E-state index in [-0.39, 0.29) is 30.5 Å². The lowest BCUT2D eigenvalue weighted by Crippen LogP contribution is -2.47. The van der Waals surface area contributed by atoms with Crippen molar-refractivity contribution in [3.05, 3.63) is 90.0 Å². The lowest BCUT2D eigenvalue weighted by molar-refractivity contribution is -0.130. The largest absolute Gasteiger partial charge is 0.457 e. The van der Waals surface area contributed by atoms with Gasteiger partial charge in [0.25, 0.3) is 0 Å². The van der Waals surface area contributed by atoms with Crippen molar-refractivity contribution in [1.82, 2.24) is 19.0 Å². The van der Waals surface area contributed by atoms with E-state index in [2.05, 4.69) is 11.6 Å². The maximum absolute atomic E-state index is 13.8. The number of aliphatic hydroxyl groups excluding tert-OH is 1. The maximum atomic E-state index is 13.8. The van der Waals surface area contributed by atoms with Crippen LogP contribution in [0, 0.1) is 0 Å². The Hall–Kier alpha value is -4.37. The number of pyridine rings is 1. The van der Waals surface area contributed by atoms with Gasteiger partial charge in [0, 0.05) is 19.3 Å². The second kappa shape index (κ2) is 9.11. The van der Waals surface area contributed by atoms with E-state index in [1.165, 1.54) is 15.5 Å². The number of aliphatic hydroxyl groups is 1. The highest BCUT2D eigenvalue weighted by atomic mass is 16.5. The van der Waals surface area contributed by atoms with Gasteiger partial charge in [0.1, 0.15) is 22.8 Å². The number of anilines is 1. The summed E-state index contributed by atoms with van der Waals surface area (Å²) >= 11 is 0. The second-order valence-corrected chi connectivity index (χ2v) is 8.45. The second-order valence-electron chi connectivity index (χ2n) is 8.45. The summed E-state index contributed by atoms with van der Waals surface area (Å²) in [6.07, 6.45) is 2.31. The minimum absolute atomic E-state index is 0.196. The van der Waals surface area contributed by atoms with Crippen LogP contribution in [-0.2, 0) is 4.79 Å². The quantitative estimate of drug-likeness (QED) is 0.433. The number of carbonyl (C=O) groups excluding carboxylic acids is 1. The number of ether oxygens (including phenoxy) is 1. The molecular formula is C26H25N5O4. The minimum atomic E-state index is -0.767. The average molecular weight is 472 g/mol. The molecule has 2 atom stereocenters. The zero-order valence-electron chi connectivity index (χ0n) is 18.9. The SMILES string of the molecule is C=CC(=O)N1CC(O)C[C@@H](n2c(=O)n(-c3ccc(Oc4ccccc4)cc3)c3c(N)nccc32)C1. The molecule has 2 aromatic heterocycles. The molecule has 1 aliphatic rings. The molecule has 3 N–H and O–H groups in total. The van der Waals surface area contributed by atoms with Crippen molar-refractivity contribution in [1.29, 1.82) is 0 Å². The van der Waals surface area contributed by atoms with E-state index in [4.69, 9.17) is 10.5 Å². The van der Waals surface area contributed by atoms with Crippen LogP contribution in [0.15, 0.2) is 84.3 Å². The maximum Gasteiger partial charge on any atom is 0.334 e. The van der Waals surface area contributed by atoms with E-state index in [0.717, 1.165) is 0 Å². The Morgan fingerprint density at radius 2 is 1.80 bits per heavy atom. The summed E-state index contributed by atoms with van der Waals surface area (Å²) in [7, 11) is 0. The summed E-state index contributed by atoms with van der Waals surface area (Å²) in [5.41, 5.74) is 7.54. The van der Waals surface area contributed by atoms with Gasteiger partial charge < -0.3 is 20.5 Å². The highest BCUT2D eigenvalue weighted by molar-refractivity contribution is 5.88. The molecule has 9 heteroatoms. The van der Waals surface area contributed by atoms with E-state index >= 15 is 0 Å². The first-order valence-electron chi connectivity index (χ1n) is 11.3. The number of imidazole rings is 1. The van der Waals surface area contributed by atoms with Crippen molar-refractivity contribution >= 4 is 22.8 Å². The lowest BCUT2D eigenvalue weighted by Gasteiger charge is -2.35. The summed E-state index contributed by atoms with van der Waals surface area (Å²) in [4.78, 5) is 31.7. The van der Waals surface area contributed by atoms with Crippen molar-refractivity contribution in [2.45, 2.75) is 18.6 Å². The van der Waals surface area contributed by atoms with Gasteiger partial charge in [-0.3, -0.25) is 13.9 Å². The molecule has 5 rings (SSSR count). The van der Waals surface area contributed by atoms with Crippen molar-refractivity contribution in [3.63, 3.8) is 0 Å². The summed E-state index contributed by atoms with van der Waals surface area (Å²) in [6, 6.07) is 17.8. The van der Waals surface area contributed by atoms with Crippen LogP contribution in [0.5, 0.6) is 11.5 Å². The van der Waals surface area contributed by atoms with Crippen LogP contribution in [0.4, 0.5) is 5.82 Å². The average Bonchev–Trinajstić information content (AvgIpc) is 3.17. The topological polar surface area (TPSA) is 116 Å². The molecular weight excluding hydrogens is 446 g/mol. The zero-order valence-corrected chi connectivity index (χ0v) is 18.9. The Balaban J connectivity index is 1.57. The molecule has 2 aromatic carbocycles. The Morgan fingerprint density at radius 1 is 1.09 bits per heavy atom. The van der Waals surface area contributed by atoms with Crippen molar-refractivity contribution < 1.29 is 14.6 Å². The van der Waals surface area contributed by atoms with E-state index in [1.54, 1.807) is 41.1 Å².